The van der Waals surface area contributed by atoms with Gasteiger partial charge in [-0.05, 0) is 56.2 Å². The number of rotatable bonds is 7. The lowest BCUT2D eigenvalue weighted by atomic mass is 10.0. The lowest BCUT2D eigenvalue weighted by Crippen LogP contribution is -2.31. The Morgan fingerprint density at radius 2 is 2.24 bits per heavy atom. The Balaban J connectivity index is 1.55. The summed E-state index contributed by atoms with van der Waals surface area (Å²) < 4.78 is 5.30. The van der Waals surface area contributed by atoms with Crippen LogP contribution in [0.5, 0.6) is 0 Å². The highest BCUT2D eigenvalue weighted by molar-refractivity contribution is 5.87. The summed E-state index contributed by atoms with van der Waals surface area (Å²) in [6.45, 7) is 2.41. The van der Waals surface area contributed by atoms with Gasteiger partial charge in [0, 0.05) is 31.6 Å². The quantitative estimate of drug-likeness (QED) is 0.619. The van der Waals surface area contributed by atoms with Crippen LogP contribution in [0.4, 0.5) is 0 Å². The summed E-state index contributed by atoms with van der Waals surface area (Å²) >= 11 is 0. The molecule has 0 spiro atoms. The fraction of sp³-hybridized carbons (Fsp3) is 0.529. The molecule has 4 heteroatoms. The molecule has 0 atom stereocenters. The van der Waals surface area contributed by atoms with E-state index in [2.05, 4.69) is 10.3 Å². The first-order chi connectivity index (χ1) is 10.3. The molecule has 21 heavy (non-hydrogen) atoms. The molecule has 1 fully saturated rings. The van der Waals surface area contributed by atoms with Crippen LogP contribution in [0.1, 0.15) is 31.4 Å². The van der Waals surface area contributed by atoms with E-state index in [1.54, 1.807) is 6.08 Å². The molecule has 1 amide bonds. The van der Waals surface area contributed by atoms with E-state index in [0.717, 1.165) is 57.6 Å². The zero-order valence-corrected chi connectivity index (χ0v) is 12.5. The Labute approximate surface area is 126 Å². The number of unbranched alkanes of at least 4 members (excludes halogenated alkanes) is 1. The summed E-state index contributed by atoms with van der Waals surface area (Å²) in [4.78, 5) is 16.0. The van der Waals surface area contributed by atoms with E-state index in [1.807, 2.05) is 30.5 Å². The number of ether oxygens (including phenoxy) is 1. The molecule has 114 valence electrons. The van der Waals surface area contributed by atoms with E-state index in [0.29, 0.717) is 5.92 Å². The molecule has 1 aliphatic rings. The van der Waals surface area contributed by atoms with Crippen molar-refractivity contribution in [2.45, 2.75) is 32.1 Å². The van der Waals surface area contributed by atoms with E-state index >= 15 is 0 Å². The molecule has 1 aromatic rings. The van der Waals surface area contributed by atoms with E-state index < -0.39 is 0 Å². The summed E-state index contributed by atoms with van der Waals surface area (Å²) in [5, 5.41) is 2.97. The van der Waals surface area contributed by atoms with Crippen molar-refractivity contribution >= 4 is 5.91 Å². The van der Waals surface area contributed by atoms with Crippen LogP contribution in [0.15, 0.2) is 36.5 Å². The number of hydrogen-bond acceptors (Lipinski definition) is 3. The van der Waals surface area contributed by atoms with Crippen molar-refractivity contribution in [3.63, 3.8) is 0 Å². The van der Waals surface area contributed by atoms with Gasteiger partial charge in [0.05, 0.1) is 0 Å². The number of nitrogens with one attached hydrogen (secondary N) is 1. The first-order valence-electron chi connectivity index (χ1n) is 7.76. The molecule has 1 aliphatic heterocycles. The number of aromatic nitrogens is 1. The highest BCUT2D eigenvalue weighted by Crippen LogP contribution is 2.13. The molecule has 0 aromatic carbocycles. The van der Waals surface area contributed by atoms with Crippen LogP contribution in [0.2, 0.25) is 0 Å². The minimum absolute atomic E-state index is 0.0133. The number of amides is 1. The molecule has 1 N–H and O–H groups in total. The van der Waals surface area contributed by atoms with Crippen molar-refractivity contribution in [2.75, 3.05) is 19.8 Å². The molecule has 0 unspecified atom stereocenters. The second kappa shape index (κ2) is 9.29. The fourth-order valence-corrected chi connectivity index (χ4v) is 2.39. The van der Waals surface area contributed by atoms with Gasteiger partial charge in [-0.1, -0.05) is 12.1 Å². The third-order valence-corrected chi connectivity index (χ3v) is 3.70. The summed E-state index contributed by atoms with van der Waals surface area (Å²) in [6.07, 6.45) is 10.4. The van der Waals surface area contributed by atoms with Crippen LogP contribution in [0, 0.1) is 5.92 Å². The van der Waals surface area contributed by atoms with Crippen LogP contribution < -0.4 is 5.32 Å². The topological polar surface area (TPSA) is 51.2 Å². The molecule has 0 radical (unpaired) electrons. The molecular weight excluding hydrogens is 264 g/mol. The normalized spacial score (nSPS) is 16.2. The van der Waals surface area contributed by atoms with Crippen LogP contribution in [0.3, 0.4) is 0 Å². The van der Waals surface area contributed by atoms with Gasteiger partial charge in [0.2, 0.25) is 5.91 Å². The van der Waals surface area contributed by atoms with Crippen LogP contribution in [-0.2, 0) is 16.0 Å². The van der Waals surface area contributed by atoms with E-state index in [1.165, 1.54) is 0 Å². The second-order valence-electron chi connectivity index (χ2n) is 5.42. The lowest BCUT2D eigenvalue weighted by Gasteiger charge is -2.21. The molecule has 0 bridgehead atoms. The average Bonchev–Trinajstić information content (AvgIpc) is 2.54. The van der Waals surface area contributed by atoms with E-state index in [9.17, 15) is 4.79 Å². The zero-order chi connectivity index (χ0) is 14.8. The maximum absolute atomic E-state index is 11.7. The Kier molecular flexibility index (Phi) is 6.95. The van der Waals surface area contributed by atoms with Crippen LogP contribution >= 0.6 is 0 Å². The first-order valence-corrected chi connectivity index (χ1v) is 7.76. The van der Waals surface area contributed by atoms with Crippen molar-refractivity contribution in [3.05, 3.63) is 42.2 Å². The number of carbonyl (C=O) groups is 1. The predicted octanol–water partition coefficient (Wildman–Crippen LogP) is 2.50. The first kappa shape index (κ1) is 15.7. The second-order valence-corrected chi connectivity index (χ2v) is 5.42. The average molecular weight is 288 g/mol. The van der Waals surface area contributed by atoms with Gasteiger partial charge in [-0.2, -0.15) is 0 Å². The smallest absolute Gasteiger partial charge is 0.243 e. The lowest BCUT2D eigenvalue weighted by molar-refractivity contribution is -0.116. The number of pyridine rings is 1. The largest absolute Gasteiger partial charge is 0.381 e. The molecule has 0 aliphatic carbocycles. The third-order valence-electron chi connectivity index (χ3n) is 3.70. The predicted molar refractivity (Wildman–Crippen MR) is 82.9 cm³/mol. The standard InChI is InChI=1S/C17H24N2O2/c20-17(19-14-15-9-12-21-13-10-15)8-3-1-2-6-16-7-4-5-11-18-16/h3-5,7-8,11,15H,1-2,6,9-10,12-14H2,(H,19,20). The highest BCUT2D eigenvalue weighted by atomic mass is 16.5. The van der Waals surface area contributed by atoms with Crippen LogP contribution in [-0.4, -0.2) is 30.6 Å². The third kappa shape index (κ3) is 6.54. The van der Waals surface area contributed by atoms with Crippen molar-refractivity contribution < 1.29 is 9.53 Å². The number of aryl methyl sites for hydroxylation is 1. The highest BCUT2D eigenvalue weighted by Gasteiger charge is 2.13. The molecule has 2 rings (SSSR count). The van der Waals surface area contributed by atoms with Gasteiger partial charge in [-0.25, -0.2) is 0 Å². The summed E-state index contributed by atoms with van der Waals surface area (Å²) in [6, 6.07) is 5.96. The Morgan fingerprint density at radius 3 is 3.00 bits per heavy atom. The Hall–Kier alpha value is -1.68. The summed E-state index contributed by atoms with van der Waals surface area (Å²) in [5.74, 6) is 0.583. The number of hydrogen-bond donors (Lipinski definition) is 1. The maximum atomic E-state index is 11.7. The number of nitrogens with zero attached hydrogens (tertiary/aromatic N) is 1. The molecular formula is C17H24N2O2. The Morgan fingerprint density at radius 1 is 1.38 bits per heavy atom. The molecule has 2 heterocycles. The SMILES string of the molecule is O=C(C=CCCCc1ccccn1)NCC1CCOCC1. The fourth-order valence-electron chi connectivity index (χ4n) is 2.39. The summed E-state index contributed by atoms with van der Waals surface area (Å²) in [7, 11) is 0. The van der Waals surface area contributed by atoms with Crippen molar-refractivity contribution in [3.8, 4) is 0 Å². The van der Waals surface area contributed by atoms with Crippen LogP contribution in [0.25, 0.3) is 0 Å². The van der Waals surface area contributed by atoms with Gasteiger partial charge < -0.3 is 10.1 Å². The molecule has 4 nitrogen and oxygen atoms in total. The minimum atomic E-state index is 0.0133. The van der Waals surface area contributed by atoms with E-state index in [4.69, 9.17) is 4.74 Å². The van der Waals surface area contributed by atoms with Gasteiger partial charge >= 0.3 is 0 Å². The minimum Gasteiger partial charge on any atom is -0.381 e. The molecule has 0 saturated carbocycles. The molecule has 1 saturated heterocycles. The van der Waals surface area contributed by atoms with Gasteiger partial charge in [0.1, 0.15) is 0 Å². The number of allylic oxidation sites excluding steroid dienone is 1. The monoisotopic (exact) mass is 288 g/mol. The van der Waals surface area contributed by atoms with Gasteiger partial charge in [0.15, 0.2) is 0 Å². The Bertz CT molecular complexity index is 439. The van der Waals surface area contributed by atoms with Gasteiger partial charge in [0.25, 0.3) is 0 Å². The van der Waals surface area contributed by atoms with E-state index in [-0.39, 0.29) is 5.91 Å². The maximum Gasteiger partial charge on any atom is 0.243 e. The van der Waals surface area contributed by atoms with Crippen molar-refractivity contribution in [2.24, 2.45) is 5.92 Å². The van der Waals surface area contributed by atoms with Crippen molar-refractivity contribution in [1.29, 1.82) is 0 Å². The molecule has 1 aromatic heterocycles. The zero-order valence-electron chi connectivity index (χ0n) is 12.5. The number of carbonyl (C=O) groups excluding carboxylic acids is 1. The van der Waals surface area contributed by atoms with Gasteiger partial charge in [-0.15, -0.1) is 0 Å². The summed E-state index contributed by atoms with van der Waals surface area (Å²) in [5.41, 5.74) is 1.11. The van der Waals surface area contributed by atoms with Gasteiger partial charge in [-0.3, -0.25) is 9.78 Å². The van der Waals surface area contributed by atoms with Crippen molar-refractivity contribution in [1.82, 2.24) is 10.3 Å².